The first-order chi connectivity index (χ1) is 32.0. The number of esters is 2. The smallest absolute Gasteiger partial charge is 0.306 e. The molecule has 11 atom stereocenters. The normalized spacial score (nSPS) is 26.2. The van der Waals surface area contributed by atoms with E-state index < -0.39 is 92.7 Å². The molecule has 15 heteroatoms. The number of aliphatic hydroxyl groups excluding tert-OH is 7. The molecule has 388 valence electrons. The lowest BCUT2D eigenvalue weighted by Gasteiger charge is -2.42. The number of allylic oxidation sites excluding steroid dienone is 2. The van der Waals surface area contributed by atoms with Crippen LogP contribution in [-0.2, 0) is 38.0 Å². The van der Waals surface area contributed by atoms with Gasteiger partial charge < -0.3 is 64.2 Å². The number of carbonyl (C=O) groups is 2. The molecular weight excluding hydrogens is 853 g/mol. The monoisotopic (exact) mass is 947 g/mol. The number of rotatable bonds is 41. The number of carbonyl (C=O) groups excluding carboxylic acids is 2. The van der Waals surface area contributed by atoms with Crippen LogP contribution in [0, 0.1) is 0 Å². The average Bonchev–Trinajstić information content (AvgIpc) is 3.31. The lowest BCUT2D eigenvalue weighted by atomic mass is 9.98. The number of hydrogen-bond acceptors (Lipinski definition) is 15. The summed E-state index contributed by atoms with van der Waals surface area (Å²) in [4.78, 5) is 25.8. The minimum atomic E-state index is -1.76. The first-order valence-corrected chi connectivity index (χ1v) is 26.3. The Balaban J connectivity index is 1.80. The molecule has 2 saturated heterocycles. The summed E-state index contributed by atoms with van der Waals surface area (Å²) in [5.74, 6) is -0.917. The van der Waals surface area contributed by atoms with Gasteiger partial charge in [-0.15, -0.1) is 0 Å². The molecule has 0 aliphatic carbocycles. The van der Waals surface area contributed by atoms with Crippen molar-refractivity contribution in [2.75, 3.05) is 26.4 Å². The Labute approximate surface area is 397 Å². The Morgan fingerprint density at radius 2 is 0.864 bits per heavy atom. The molecule has 2 heterocycles. The van der Waals surface area contributed by atoms with Crippen LogP contribution in [0.5, 0.6) is 0 Å². The molecule has 7 N–H and O–H groups in total. The van der Waals surface area contributed by atoms with E-state index in [2.05, 4.69) is 26.0 Å². The molecule has 2 fully saturated rings. The van der Waals surface area contributed by atoms with Gasteiger partial charge in [0.2, 0.25) is 0 Å². The highest BCUT2D eigenvalue weighted by Crippen LogP contribution is 2.26. The van der Waals surface area contributed by atoms with Crippen LogP contribution in [0.2, 0.25) is 0 Å². The van der Waals surface area contributed by atoms with Crippen molar-refractivity contribution in [2.24, 2.45) is 0 Å². The van der Waals surface area contributed by atoms with Crippen LogP contribution in [0.4, 0.5) is 0 Å². The predicted molar refractivity (Wildman–Crippen MR) is 252 cm³/mol. The molecular formula is C51H94O15. The molecule has 0 amide bonds. The van der Waals surface area contributed by atoms with E-state index in [4.69, 9.17) is 28.4 Å². The topological polar surface area (TPSA) is 231 Å². The van der Waals surface area contributed by atoms with E-state index in [1.807, 2.05) is 0 Å². The molecule has 0 aromatic carbocycles. The summed E-state index contributed by atoms with van der Waals surface area (Å²) < 4.78 is 33.6. The van der Waals surface area contributed by atoms with Crippen LogP contribution >= 0.6 is 0 Å². The minimum Gasteiger partial charge on any atom is -0.462 e. The third kappa shape index (κ3) is 26.8. The lowest BCUT2D eigenvalue weighted by molar-refractivity contribution is -0.332. The summed E-state index contributed by atoms with van der Waals surface area (Å²) in [5, 5.41) is 72.1. The van der Waals surface area contributed by atoms with E-state index in [1.54, 1.807) is 0 Å². The predicted octanol–water partition coefficient (Wildman–Crippen LogP) is 7.38. The molecule has 66 heavy (non-hydrogen) atoms. The fourth-order valence-corrected chi connectivity index (χ4v) is 8.39. The molecule has 0 bridgehead atoms. The maximum Gasteiger partial charge on any atom is 0.306 e. The standard InChI is InChI=1S/C51H94O15/c1-3-5-7-9-11-13-15-17-18-19-20-22-24-26-28-30-32-34-43(54)64-39(36-61-42(53)33-31-29-27-25-23-21-16-14-12-10-8-6-4-2)37-62-50-49(60)47(58)45(56)41(66-50)38-63-51-48(59)46(57)44(55)40(35-52)65-51/h13,15,39-41,44-52,55-60H,3-12,14,16-38H2,1-2H3/b15-13+/t39-,40+,41+,44-,45-,46?,47?,48?,49?,50+,51+/m1/s1. The highest BCUT2D eigenvalue weighted by atomic mass is 16.7. The maximum atomic E-state index is 13.0. The van der Waals surface area contributed by atoms with Gasteiger partial charge in [-0.05, 0) is 38.5 Å². The molecule has 2 aliphatic heterocycles. The van der Waals surface area contributed by atoms with E-state index in [1.165, 1.54) is 122 Å². The first kappa shape index (κ1) is 60.4. The molecule has 2 aliphatic rings. The van der Waals surface area contributed by atoms with Gasteiger partial charge in [0, 0.05) is 12.8 Å². The Kier molecular flexibility index (Phi) is 35.7. The van der Waals surface area contributed by atoms with Gasteiger partial charge in [0.25, 0.3) is 0 Å². The van der Waals surface area contributed by atoms with Crippen molar-refractivity contribution in [2.45, 2.75) is 274 Å². The van der Waals surface area contributed by atoms with Crippen molar-refractivity contribution >= 4 is 11.9 Å². The Morgan fingerprint density at radius 3 is 1.35 bits per heavy atom. The summed E-state index contributed by atoms with van der Waals surface area (Å²) in [6, 6.07) is 0. The summed E-state index contributed by atoms with van der Waals surface area (Å²) >= 11 is 0. The summed E-state index contributed by atoms with van der Waals surface area (Å²) in [7, 11) is 0. The number of aliphatic hydroxyl groups is 7. The van der Waals surface area contributed by atoms with Crippen molar-refractivity contribution in [1.29, 1.82) is 0 Å². The number of unbranched alkanes of at least 4 members (excludes halogenated alkanes) is 25. The first-order valence-electron chi connectivity index (χ1n) is 26.3. The van der Waals surface area contributed by atoms with Crippen LogP contribution in [0.1, 0.15) is 206 Å². The van der Waals surface area contributed by atoms with Crippen LogP contribution in [-0.4, -0.2) is 142 Å². The van der Waals surface area contributed by atoms with Crippen molar-refractivity contribution in [3.05, 3.63) is 12.2 Å². The molecule has 0 aromatic heterocycles. The number of hydrogen-bond donors (Lipinski definition) is 7. The third-order valence-corrected chi connectivity index (χ3v) is 12.7. The third-order valence-electron chi connectivity index (χ3n) is 12.7. The van der Waals surface area contributed by atoms with E-state index in [-0.39, 0.29) is 26.1 Å². The molecule has 15 nitrogen and oxygen atoms in total. The quantitative estimate of drug-likeness (QED) is 0.0180. The van der Waals surface area contributed by atoms with Gasteiger partial charge in [-0.1, -0.05) is 167 Å². The van der Waals surface area contributed by atoms with Crippen molar-refractivity contribution in [3.8, 4) is 0 Å². The Bertz CT molecular complexity index is 1210. The van der Waals surface area contributed by atoms with Gasteiger partial charge in [-0.3, -0.25) is 9.59 Å². The molecule has 4 unspecified atom stereocenters. The zero-order chi connectivity index (χ0) is 48.2. The SMILES string of the molecule is CCCCCC/C=C/CCCCCCCCCCCC(=O)O[C@H](COC(=O)CCCCCCCCCCCCCCC)CO[C@H]1O[C@@H](CO[C@H]2O[C@@H](CO)[C@@H](O)C(O)C2O)[C@@H](O)C(O)C1O. The van der Waals surface area contributed by atoms with Gasteiger partial charge in [0.05, 0.1) is 19.8 Å². The van der Waals surface area contributed by atoms with E-state index in [0.29, 0.717) is 12.8 Å². The van der Waals surface area contributed by atoms with E-state index >= 15 is 0 Å². The molecule has 2 rings (SSSR count). The van der Waals surface area contributed by atoms with Gasteiger partial charge in [-0.2, -0.15) is 0 Å². The molecule has 0 saturated carbocycles. The zero-order valence-corrected chi connectivity index (χ0v) is 40.9. The van der Waals surface area contributed by atoms with Gasteiger partial charge in [0.1, 0.15) is 55.4 Å². The molecule has 0 spiro atoms. The van der Waals surface area contributed by atoms with Crippen molar-refractivity contribution in [1.82, 2.24) is 0 Å². The summed E-state index contributed by atoms with van der Waals surface area (Å²) in [6.07, 6.45) is 20.9. The second-order valence-electron chi connectivity index (χ2n) is 18.7. The lowest BCUT2D eigenvalue weighted by Crippen LogP contribution is -2.61. The molecule has 0 radical (unpaired) electrons. The number of ether oxygens (including phenoxy) is 6. The minimum absolute atomic E-state index is 0.167. The van der Waals surface area contributed by atoms with E-state index in [9.17, 15) is 45.3 Å². The Hall–Kier alpha value is -1.76. The van der Waals surface area contributed by atoms with Crippen LogP contribution in [0.25, 0.3) is 0 Å². The highest BCUT2D eigenvalue weighted by Gasteiger charge is 2.47. The van der Waals surface area contributed by atoms with Crippen molar-refractivity contribution in [3.63, 3.8) is 0 Å². The average molecular weight is 947 g/mol. The molecule has 0 aromatic rings. The second-order valence-corrected chi connectivity index (χ2v) is 18.7. The fourth-order valence-electron chi connectivity index (χ4n) is 8.39. The van der Waals surface area contributed by atoms with Crippen LogP contribution < -0.4 is 0 Å². The highest BCUT2D eigenvalue weighted by molar-refractivity contribution is 5.70. The largest absolute Gasteiger partial charge is 0.462 e. The van der Waals surface area contributed by atoms with Crippen molar-refractivity contribution < 1.29 is 73.8 Å². The maximum absolute atomic E-state index is 13.0. The fraction of sp³-hybridized carbons (Fsp3) is 0.922. The second kappa shape index (κ2) is 39.0. The van der Waals surface area contributed by atoms with Gasteiger partial charge >= 0.3 is 11.9 Å². The van der Waals surface area contributed by atoms with Crippen LogP contribution in [0.15, 0.2) is 12.2 Å². The zero-order valence-electron chi connectivity index (χ0n) is 40.9. The van der Waals surface area contributed by atoms with Gasteiger partial charge in [0.15, 0.2) is 18.7 Å². The summed E-state index contributed by atoms with van der Waals surface area (Å²) in [5.41, 5.74) is 0. The van der Waals surface area contributed by atoms with Gasteiger partial charge in [-0.25, -0.2) is 0 Å². The van der Waals surface area contributed by atoms with Crippen LogP contribution in [0.3, 0.4) is 0 Å². The Morgan fingerprint density at radius 1 is 0.470 bits per heavy atom. The summed E-state index contributed by atoms with van der Waals surface area (Å²) in [6.45, 7) is 2.60. The van der Waals surface area contributed by atoms with E-state index in [0.717, 1.165) is 44.9 Å².